The summed E-state index contributed by atoms with van der Waals surface area (Å²) < 4.78 is 19.9. The van der Waals surface area contributed by atoms with E-state index in [4.69, 9.17) is 4.74 Å². The molecule has 5 nitrogen and oxygen atoms in total. The Kier molecular flexibility index (Phi) is 5.56. The van der Waals surface area contributed by atoms with Crippen LogP contribution in [0.5, 0.6) is 0 Å². The van der Waals surface area contributed by atoms with Crippen LogP contribution in [-0.4, -0.2) is 23.8 Å². The zero-order valence-corrected chi connectivity index (χ0v) is 16.4. The lowest BCUT2D eigenvalue weighted by atomic mass is 10.1. The molecule has 144 valence electrons. The van der Waals surface area contributed by atoms with Crippen molar-refractivity contribution in [1.29, 1.82) is 0 Å². The first-order chi connectivity index (χ1) is 13.3. The SMILES string of the molecule is CC(=O)c1cccc(NC(=O)[C@@H](C)OC(=O)c2sc3cccc(F)c3c2C)c1. The molecule has 7 heteroatoms. The minimum absolute atomic E-state index is 0.122. The van der Waals surface area contributed by atoms with Crippen LogP contribution >= 0.6 is 11.3 Å². The molecule has 0 aliphatic rings. The van der Waals surface area contributed by atoms with Gasteiger partial charge in [-0.1, -0.05) is 18.2 Å². The molecule has 1 amide bonds. The highest BCUT2D eigenvalue weighted by atomic mass is 32.1. The molecule has 0 saturated heterocycles. The molecule has 0 radical (unpaired) electrons. The van der Waals surface area contributed by atoms with Gasteiger partial charge in [-0.25, -0.2) is 9.18 Å². The van der Waals surface area contributed by atoms with E-state index in [1.165, 1.54) is 19.9 Å². The highest BCUT2D eigenvalue weighted by Crippen LogP contribution is 2.33. The number of anilines is 1. The molecule has 0 spiro atoms. The number of esters is 1. The monoisotopic (exact) mass is 399 g/mol. The van der Waals surface area contributed by atoms with E-state index in [1.54, 1.807) is 43.3 Å². The van der Waals surface area contributed by atoms with Crippen LogP contribution in [0.4, 0.5) is 10.1 Å². The van der Waals surface area contributed by atoms with Crippen LogP contribution in [0.25, 0.3) is 10.1 Å². The molecule has 1 N–H and O–H groups in total. The number of hydrogen-bond acceptors (Lipinski definition) is 5. The van der Waals surface area contributed by atoms with E-state index in [1.807, 2.05) is 0 Å². The maximum Gasteiger partial charge on any atom is 0.349 e. The van der Waals surface area contributed by atoms with E-state index in [9.17, 15) is 18.8 Å². The van der Waals surface area contributed by atoms with Gasteiger partial charge in [-0.05, 0) is 50.6 Å². The maximum atomic E-state index is 14.0. The van der Waals surface area contributed by atoms with Gasteiger partial charge in [-0.3, -0.25) is 9.59 Å². The average Bonchev–Trinajstić information content (AvgIpc) is 3.00. The second kappa shape index (κ2) is 7.90. The van der Waals surface area contributed by atoms with Crippen LogP contribution in [0.2, 0.25) is 0 Å². The Bertz CT molecular complexity index is 1090. The van der Waals surface area contributed by atoms with Crippen molar-refractivity contribution in [3.63, 3.8) is 0 Å². The average molecular weight is 399 g/mol. The molecule has 1 atom stereocenters. The van der Waals surface area contributed by atoms with Crippen LogP contribution < -0.4 is 5.32 Å². The molecule has 1 aromatic heterocycles. The van der Waals surface area contributed by atoms with Gasteiger partial charge in [0.05, 0.1) is 0 Å². The number of hydrogen-bond donors (Lipinski definition) is 1. The van der Waals surface area contributed by atoms with Crippen molar-refractivity contribution in [2.45, 2.75) is 26.9 Å². The number of carbonyl (C=O) groups is 3. The fourth-order valence-corrected chi connectivity index (χ4v) is 3.88. The third-order valence-electron chi connectivity index (χ3n) is 4.28. The fourth-order valence-electron chi connectivity index (χ4n) is 2.78. The predicted octanol–water partition coefficient (Wildman–Crippen LogP) is 4.74. The number of ketones is 1. The van der Waals surface area contributed by atoms with E-state index in [2.05, 4.69) is 5.32 Å². The highest BCUT2D eigenvalue weighted by Gasteiger charge is 2.23. The van der Waals surface area contributed by atoms with Gasteiger partial charge in [0.1, 0.15) is 10.7 Å². The van der Waals surface area contributed by atoms with Gasteiger partial charge in [0.15, 0.2) is 11.9 Å². The lowest BCUT2D eigenvalue weighted by Crippen LogP contribution is -2.30. The van der Waals surface area contributed by atoms with Crippen LogP contribution in [0.15, 0.2) is 42.5 Å². The molecule has 0 saturated carbocycles. The van der Waals surface area contributed by atoms with E-state index in [0.29, 0.717) is 26.9 Å². The number of aryl methyl sites for hydroxylation is 1. The Hall–Kier alpha value is -3.06. The van der Waals surface area contributed by atoms with Gasteiger partial charge >= 0.3 is 5.97 Å². The van der Waals surface area contributed by atoms with E-state index in [-0.39, 0.29) is 10.7 Å². The molecular weight excluding hydrogens is 381 g/mol. The number of nitrogens with one attached hydrogen (secondary N) is 1. The molecule has 0 aliphatic heterocycles. The van der Waals surface area contributed by atoms with Gasteiger partial charge < -0.3 is 10.1 Å². The van der Waals surface area contributed by atoms with Crippen LogP contribution in [0.3, 0.4) is 0 Å². The maximum absolute atomic E-state index is 14.0. The molecular formula is C21H18FNO4S. The van der Waals surface area contributed by atoms with Gasteiger partial charge in [0, 0.05) is 21.3 Å². The number of halogens is 1. The highest BCUT2D eigenvalue weighted by molar-refractivity contribution is 7.21. The molecule has 1 heterocycles. The summed E-state index contributed by atoms with van der Waals surface area (Å²) in [6.07, 6.45) is -1.07. The van der Waals surface area contributed by atoms with Gasteiger partial charge in [0.2, 0.25) is 0 Å². The van der Waals surface area contributed by atoms with E-state index < -0.39 is 23.8 Å². The number of thiophene rings is 1. The number of Topliss-reactive ketones (excluding diaryl/α,β-unsaturated/α-hetero) is 1. The first-order valence-electron chi connectivity index (χ1n) is 8.58. The summed E-state index contributed by atoms with van der Waals surface area (Å²) in [6.45, 7) is 4.53. The molecule has 28 heavy (non-hydrogen) atoms. The fraction of sp³-hybridized carbons (Fsp3) is 0.190. The summed E-state index contributed by atoms with van der Waals surface area (Å²) in [5.74, 6) is -1.73. The van der Waals surface area contributed by atoms with Crippen molar-refractivity contribution in [3.8, 4) is 0 Å². The quantitative estimate of drug-likeness (QED) is 0.497. The molecule has 0 aliphatic carbocycles. The largest absolute Gasteiger partial charge is 0.448 e. The Morgan fingerprint density at radius 2 is 1.86 bits per heavy atom. The van der Waals surface area contributed by atoms with Crippen molar-refractivity contribution in [2.75, 3.05) is 5.32 Å². The summed E-state index contributed by atoms with van der Waals surface area (Å²) in [4.78, 5) is 36.5. The van der Waals surface area contributed by atoms with Gasteiger partial charge in [-0.15, -0.1) is 11.3 Å². The van der Waals surface area contributed by atoms with E-state index >= 15 is 0 Å². The lowest BCUT2D eigenvalue weighted by Gasteiger charge is -2.13. The molecule has 2 aromatic carbocycles. The second-order valence-electron chi connectivity index (χ2n) is 6.34. The van der Waals surface area contributed by atoms with Crippen LogP contribution in [0.1, 0.15) is 39.4 Å². The number of amides is 1. The first kappa shape index (κ1) is 19.7. The van der Waals surface area contributed by atoms with Crippen molar-refractivity contribution in [2.24, 2.45) is 0 Å². The molecule has 3 rings (SSSR count). The standard InChI is InChI=1S/C21H18FNO4S/c1-11-18-16(22)8-5-9-17(18)28-19(11)21(26)27-13(3)20(25)23-15-7-4-6-14(10-15)12(2)24/h4-10,13H,1-3H3,(H,23,25)/t13-/m1/s1. The van der Waals surface area contributed by atoms with Crippen molar-refractivity contribution in [1.82, 2.24) is 0 Å². The number of carbonyl (C=O) groups excluding carboxylic acids is 3. The van der Waals surface area contributed by atoms with Crippen LogP contribution in [-0.2, 0) is 9.53 Å². The first-order valence-corrected chi connectivity index (χ1v) is 9.40. The van der Waals surface area contributed by atoms with Crippen molar-refractivity contribution >= 4 is 44.8 Å². The molecule has 0 fully saturated rings. The minimum Gasteiger partial charge on any atom is -0.448 e. The third-order valence-corrected chi connectivity index (χ3v) is 5.52. The van der Waals surface area contributed by atoms with Gasteiger partial charge in [-0.2, -0.15) is 0 Å². The minimum atomic E-state index is -1.07. The van der Waals surface area contributed by atoms with Gasteiger partial charge in [0.25, 0.3) is 5.91 Å². The molecule has 0 bridgehead atoms. The third kappa shape index (κ3) is 3.94. The van der Waals surface area contributed by atoms with Crippen LogP contribution in [0, 0.1) is 12.7 Å². The summed E-state index contributed by atoms with van der Waals surface area (Å²) >= 11 is 1.13. The summed E-state index contributed by atoms with van der Waals surface area (Å²) in [5, 5.41) is 3.01. The smallest absolute Gasteiger partial charge is 0.349 e. The number of ether oxygens (including phenoxy) is 1. The van der Waals surface area contributed by atoms with Crippen molar-refractivity contribution in [3.05, 3.63) is 64.3 Å². The predicted molar refractivity (Wildman–Crippen MR) is 106 cm³/mol. The summed E-state index contributed by atoms with van der Waals surface area (Å²) in [5.41, 5.74) is 1.39. The molecule has 3 aromatic rings. The Balaban J connectivity index is 1.73. The zero-order chi connectivity index (χ0) is 20.4. The normalized spacial score (nSPS) is 11.9. The van der Waals surface area contributed by atoms with E-state index in [0.717, 1.165) is 11.3 Å². The zero-order valence-electron chi connectivity index (χ0n) is 15.5. The van der Waals surface area contributed by atoms with Crippen molar-refractivity contribution < 1.29 is 23.5 Å². The molecule has 0 unspecified atom stereocenters. The Morgan fingerprint density at radius 3 is 2.54 bits per heavy atom. The Morgan fingerprint density at radius 1 is 1.14 bits per heavy atom. The summed E-state index contributed by atoms with van der Waals surface area (Å²) in [6, 6.07) is 11.1. The number of rotatable bonds is 5. The second-order valence-corrected chi connectivity index (χ2v) is 7.40. The number of fused-ring (bicyclic) bond motifs is 1. The topological polar surface area (TPSA) is 72.5 Å². The lowest BCUT2D eigenvalue weighted by molar-refractivity contribution is -0.123. The summed E-state index contributed by atoms with van der Waals surface area (Å²) in [7, 11) is 0. The number of benzene rings is 2. The Labute approximate surface area is 165 Å².